The van der Waals surface area contributed by atoms with E-state index in [4.69, 9.17) is 0 Å². The third-order valence-corrected chi connectivity index (χ3v) is 8.00. The molecule has 29 heavy (non-hydrogen) atoms. The molecule has 154 valence electrons. The monoisotopic (exact) mass is 435 g/mol. The van der Waals surface area contributed by atoms with Gasteiger partial charge in [0.25, 0.3) is 5.91 Å². The Morgan fingerprint density at radius 3 is 2.52 bits per heavy atom. The van der Waals surface area contributed by atoms with E-state index in [1.807, 2.05) is 6.92 Å². The second-order valence-corrected chi connectivity index (χ2v) is 9.71. The summed E-state index contributed by atoms with van der Waals surface area (Å²) in [5.74, 6) is -0.158. The van der Waals surface area contributed by atoms with Gasteiger partial charge in [-0.25, -0.2) is 8.42 Å². The van der Waals surface area contributed by atoms with Crippen LogP contribution in [0, 0.1) is 0 Å². The lowest BCUT2D eigenvalue weighted by Gasteiger charge is -2.34. The minimum absolute atomic E-state index is 0.0978. The number of thiazole rings is 1. The van der Waals surface area contributed by atoms with Gasteiger partial charge in [-0.05, 0) is 31.2 Å². The molecule has 0 bridgehead atoms. The van der Waals surface area contributed by atoms with Crippen LogP contribution >= 0.6 is 11.3 Å². The number of benzene rings is 1. The highest BCUT2D eigenvalue weighted by Crippen LogP contribution is 2.25. The highest BCUT2D eigenvalue weighted by molar-refractivity contribution is 7.89. The number of hydrogen-bond donors (Lipinski definition) is 0. The summed E-state index contributed by atoms with van der Waals surface area (Å²) in [7, 11) is -2.00. The largest absolute Gasteiger partial charge is 0.335 e. The molecule has 0 N–H and O–H groups in total. The SMILES string of the molecule is CCn1c(=O)sc2cc(S(=O)(=O)N3CCN(C(=O)c4ccnn4C)CC3)ccc21. The van der Waals surface area contributed by atoms with E-state index in [-0.39, 0.29) is 28.8 Å². The van der Waals surface area contributed by atoms with Gasteiger partial charge in [0.15, 0.2) is 0 Å². The highest BCUT2D eigenvalue weighted by atomic mass is 32.2. The second-order valence-electron chi connectivity index (χ2n) is 6.78. The van der Waals surface area contributed by atoms with Gasteiger partial charge >= 0.3 is 4.87 Å². The van der Waals surface area contributed by atoms with Gasteiger partial charge in [-0.1, -0.05) is 11.3 Å². The molecule has 3 aromatic rings. The topological polar surface area (TPSA) is 97.5 Å². The van der Waals surface area contributed by atoms with E-state index in [1.54, 1.807) is 47.0 Å². The fourth-order valence-corrected chi connectivity index (χ4v) is 6.05. The predicted molar refractivity (Wildman–Crippen MR) is 110 cm³/mol. The van der Waals surface area contributed by atoms with Gasteiger partial charge in [-0.15, -0.1) is 0 Å². The zero-order valence-corrected chi connectivity index (χ0v) is 17.7. The second kappa shape index (κ2) is 7.39. The fourth-order valence-electron chi connectivity index (χ4n) is 3.53. The first kappa shape index (κ1) is 19.8. The number of carbonyl (C=O) groups excluding carboxylic acids is 1. The average molecular weight is 436 g/mol. The zero-order chi connectivity index (χ0) is 20.8. The van der Waals surface area contributed by atoms with Crippen LogP contribution in [0.4, 0.5) is 0 Å². The lowest BCUT2D eigenvalue weighted by molar-refractivity contribution is 0.0687. The van der Waals surface area contributed by atoms with Crippen molar-refractivity contribution in [2.75, 3.05) is 26.2 Å². The quantitative estimate of drug-likeness (QED) is 0.608. The maximum Gasteiger partial charge on any atom is 0.308 e. The number of sulfonamides is 1. The van der Waals surface area contributed by atoms with E-state index < -0.39 is 10.0 Å². The van der Waals surface area contributed by atoms with Gasteiger partial charge in [-0.3, -0.25) is 18.8 Å². The molecule has 0 spiro atoms. The molecule has 4 rings (SSSR count). The summed E-state index contributed by atoms with van der Waals surface area (Å²) in [6.07, 6.45) is 1.56. The molecule has 9 nitrogen and oxygen atoms in total. The Balaban J connectivity index is 1.53. The Labute approximate surface area is 171 Å². The lowest BCUT2D eigenvalue weighted by Crippen LogP contribution is -2.50. The normalized spacial score (nSPS) is 15.9. The molecular weight excluding hydrogens is 414 g/mol. The molecule has 0 aliphatic carbocycles. The number of rotatable bonds is 4. The Morgan fingerprint density at radius 1 is 1.17 bits per heavy atom. The molecule has 0 unspecified atom stereocenters. The molecule has 1 aromatic carbocycles. The minimum atomic E-state index is -3.70. The maximum atomic E-state index is 13.1. The van der Waals surface area contributed by atoms with Crippen molar-refractivity contribution in [3.05, 3.63) is 45.8 Å². The summed E-state index contributed by atoms with van der Waals surface area (Å²) in [5.41, 5.74) is 1.22. The number of nitrogens with zero attached hydrogens (tertiary/aromatic N) is 5. The number of fused-ring (bicyclic) bond motifs is 1. The first-order chi connectivity index (χ1) is 13.8. The van der Waals surface area contributed by atoms with Gasteiger partial charge in [0, 0.05) is 46.0 Å². The van der Waals surface area contributed by atoms with Crippen LogP contribution in [0.5, 0.6) is 0 Å². The first-order valence-corrected chi connectivity index (χ1v) is 11.5. The number of amides is 1. The summed E-state index contributed by atoms with van der Waals surface area (Å²) in [6.45, 7) is 3.48. The molecular formula is C18H21N5O4S2. The van der Waals surface area contributed by atoms with Gasteiger partial charge < -0.3 is 4.90 Å². The summed E-state index contributed by atoms with van der Waals surface area (Å²) in [4.78, 5) is 26.3. The maximum absolute atomic E-state index is 13.1. The molecule has 3 heterocycles. The van der Waals surface area contributed by atoms with E-state index in [0.717, 1.165) is 16.9 Å². The third kappa shape index (κ3) is 3.38. The summed E-state index contributed by atoms with van der Waals surface area (Å²) in [6, 6.07) is 6.44. The van der Waals surface area contributed by atoms with Crippen molar-refractivity contribution in [1.82, 2.24) is 23.6 Å². The number of hydrogen-bond acceptors (Lipinski definition) is 6. The summed E-state index contributed by atoms with van der Waals surface area (Å²) >= 11 is 1.05. The average Bonchev–Trinajstić information content (AvgIpc) is 3.28. The van der Waals surface area contributed by atoms with E-state index >= 15 is 0 Å². The first-order valence-electron chi connectivity index (χ1n) is 9.23. The molecule has 1 aliphatic rings. The van der Waals surface area contributed by atoms with Crippen LogP contribution in [0.1, 0.15) is 17.4 Å². The van der Waals surface area contributed by atoms with Crippen molar-refractivity contribution >= 4 is 37.5 Å². The van der Waals surface area contributed by atoms with Crippen LogP contribution in [0.15, 0.2) is 40.2 Å². The summed E-state index contributed by atoms with van der Waals surface area (Å²) < 4.78 is 31.3. The van der Waals surface area contributed by atoms with Gasteiger partial charge in [-0.2, -0.15) is 9.40 Å². The van der Waals surface area contributed by atoms with Gasteiger partial charge in [0.1, 0.15) is 5.69 Å². The Morgan fingerprint density at radius 2 is 1.90 bits per heavy atom. The van der Waals surface area contributed by atoms with Gasteiger partial charge in [0.2, 0.25) is 10.0 Å². The van der Waals surface area contributed by atoms with Crippen molar-refractivity contribution in [3.63, 3.8) is 0 Å². The van der Waals surface area contributed by atoms with Crippen molar-refractivity contribution < 1.29 is 13.2 Å². The molecule has 0 radical (unpaired) electrons. The number of aryl methyl sites for hydroxylation is 2. The van der Waals surface area contributed by atoms with E-state index in [0.29, 0.717) is 30.0 Å². The van der Waals surface area contributed by atoms with E-state index in [9.17, 15) is 18.0 Å². The minimum Gasteiger partial charge on any atom is -0.335 e. The van der Waals surface area contributed by atoms with Crippen molar-refractivity contribution in [1.29, 1.82) is 0 Å². The lowest BCUT2D eigenvalue weighted by atomic mass is 10.3. The van der Waals surface area contributed by atoms with Crippen LogP contribution in [0.25, 0.3) is 10.2 Å². The zero-order valence-electron chi connectivity index (χ0n) is 16.1. The number of carbonyl (C=O) groups is 1. The van der Waals surface area contributed by atoms with E-state index in [2.05, 4.69) is 5.10 Å². The Kier molecular flexibility index (Phi) is 5.05. The molecule has 1 saturated heterocycles. The fraction of sp³-hybridized carbons (Fsp3) is 0.389. The predicted octanol–water partition coefficient (Wildman–Crippen LogP) is 0.963. The molecule has 1 amide bonds. The molecule has 0 saturated carbocycles. The van der Waals surface area contributed by atoms with Crippen LogP contribution in [-0.2, 0) is 23.6 Å². The Bertz CT molecular complexity index is 1230. The van der Waals surface area contributed by atoms with Crippen LogP contribution < -0.4 is 4.87 Å². The molecule has 2 aromatic heterocycles. The number of piperazine rings is 1. The van der Waals surface area contributed by atoms with Crippen LogP contribution in [-0.4, -0.2) is 64.1 Å². The van der Waals surface area contributed by atoms with Crippen molar-refractivity contribution in [3.8, 4) is 0 Å². The molecule has 1 aliphatic heterocycles. The van der Waals surface area contributed by atoms with Crippen LogP contribution in [0.2, 0.25) is 0 Å². The van der Waals surface area contributed by atoms with Crippen molar-refractivity contribution in [2.45, 2.75) is 18.4 Å². The van der Waals surface area contributed by atoms with Crippen LogP contribution in [0.3, 0.4) is 0 Å². The van der Waals surface area contributed by atoms with Crippen molar-refractivity contribution in [2.24, 2.45) is 7.05 Å². The highest BCUT2D eigenvalue weighted by Gasteiger charge is 2.31. The van der Waals surface area contributed by atoms with Gasteiger partial charge in [0.05, 0.1) is 15.1 Å². The van der Waals surface area contributed by atoms with E-state index in [1.165, 1.54) is 8.99 Å². The standard InChI is InChI=1S/C18H21N5O4S2/c1-3-23-14-5-4-13(12-16(14)28-18(23)25)29(26,27)22-10-8-21(9-11-22)17(24)15-6-7-19-20(15)2/h4-7,12H,3,8-11H2,1-2H3. The molecule has 11 heteroatoms. The Hall–Kier alpha value is -2.50. The molecule has 0 atom stereocenters. The smallest absolute Gasteiger partial charge is 0.308 e. The third-order valence-electron chi connectivity index (χ3n) is 5.16. The molecule has 1 fully saturated rings. The summed E-state index contributed by atoms with van der Waals surface area (Å²) in [5, 5.41) is 4.01. The number of aromatic nitrogens is 3.